The van der Waals surface area contributed by atoms with Gasteiger partial charge >= 0.3 is 7.82 Å². The van der Waals surface area contributed by atoms with Crippen molar-refractivity contribution < 1.29 is 32.9 Å². The summed E-state index contributed by atoms with van der Waals surface area (Å²) in [7, 11) is 1.63. The van der Waals surface area contributed by atoms with E-state index in [1.54, 1.807) is 0 Å². The van der Waals surface area contributed by atoms with Crippen LogP contribution in [0.5, 0.6) is 0 Å². The molecule has 0 aliphatic rings. The molecule has 8 nitrogen and oxygen atoms in total. The minimum Gasteiger partial charge on any atom is -0.391 e. The number of hydrogen-bond donors (Lipinski definition) is 3. The van der Waals surface area contributed by atoms with E-state index in [1.807, 2.05) is 21.1 Å². The number of aliphatic hydroxyl groups is 1. The van der Waals surface area contributed by atoms with Gasteiger partial charge in [-0.05, 0) is 12.8 Å². The van der Waals surface area contributed by atoms with Gasteiger partial charge in [0.15, 0.2) is 0 Å². The summed E-state index contributed by atoms with van der Waals surface area (Å²) in [5.41, 5.74) is 0. The molecule has 0 saturated heterocycles. The molecule has 0 aromatic carbocycles. The number of carbonyl (C=O) groups is 1. The zero-order valence-electron chi connectivity index (χ0n) is 38.2. The van der Waals surface area contributed by atoms with E-state index in [0.717, 1.165) is 38.5 Å². The van der Waals surface area contributed by atoms with Gasteiger partial charge in [-0.1, -0.05) is 226 Å². The summed E-state index contributed by atoms with van der Waals surface area (Å²) in [5.74, 6) is -0.151. The third kappa shape index (κ3) is 41.7. The summed E-state index contributed by atoms with van der Waals surface area (Å²) in [4.78, 5) is 22.9. The van der Waals surface area contributed by atoms with Crippen LogP contribution in [0, 0.1) is 0 Å². The predicted molar refractivity (Wildman–Crippen MR) is 240 cm³/mol. The number of hydrogen-bond acceptors (Lipinski definition) is 5. The smallest absolute Gasteiger partial charge is 0.391 e. The SMILES string of the molecule is CCCCCCCCCCCCCCCCCCCCCCCCCCCCCCC(O)C(COP(=O)(O)OCC[N+](C)(C)C)NC(=O)CCCCCCCC. The van der Waals surface area contributed by atoms with Crippen molar-refractivity contribution in [3.05, 3.63) is 0 Å². The molecule has 0 radical (unpaired) electrons. The highest BCUT2D eigenvalue weighted by Gasteiger charge is 2.28. The van der Waals surface area contributed by atoms with E-state index in [2.05, 4.69) is 19.2 Å². The lowest BCUT2D eigenvalue weighted by atomic mass is 10.0. The van der Waals surface area contributed by atoms with E-state index in [9.17, 15) is 19.4 Å². The van der Waals surface area contributed by atoms with Crippen LogP contribution in [0.1, 0.15) is 245 Å². The number of carbonyl (C=O) groups excluding carboxylic acids is 1. The van der Waals surface area contributed by atoms with Crippen LogP contribution in [-0.4, -0.2) is 73.4 Å². The molecule has 0 aromatic heterocycles. The molecule has 0 spiro atoms. The first kappa shape index (κ1) is 55.5. The fourth-order valence-corrected chi connectivity index (χ4v) is 8.20. The molecule has 0 aliphatic carbocycles. The van der Waals surface area contributed by atoms with Gasteiger partial charge in [0, 0.05) is 6.42 Å². The molecule has 0 aromatic rings. The number of amides is 1. The average molecular weight is 818 g/mol. The summed E-state index contributed by atoms with van der Waals surface area (Å²) in [6.45, 7) is 4.85. The van der Waals surface area contributed by atoms with Gasteiger partial charge in [0.05, 0.1) is 39.9 Å². The first-order valence-corrected chi connectivity index (χ1v) is 25.9. The largest absolute Gasteiger partial charge is 0.472 e. The number of quaternary nitrogens is 1. The summed E-state index contributed by atoms with van der Waals surface area (Å²) in [6.07, 6.45) is 44.7. The van der Waals surface area contributed by atoms with Crippen LogP contribution >= 0.6 is 7.82 Å². The minimum atomic E-state index is -4.30. The Bertz CT molecular complexity index is 885. The highest BCUT2D eigenvalue weighted by atomic mass is 31.2. The van der Waals surface area contributed by atoms with Gasteiger partial charge in [0.1, 0.15) is 13.2 Å². The highest BCUT2D eigenvalue weighted by molar-refractivity contribution is 7.47. The normalized spacial score (nSPS) is 14.2. The van der Waals surface area contributed by atoms with Gasteiger partial charge in [-0.25, -0.2) is 4.57 Å². The van der Waals surface area contributed by atoms with Gasteiger partial charge in [-0.3, -0.25) is 13.8 Å². The molecule has 3 atom stereocenters. The standard InChI is InChI=1S/C47H97N2O6P/c1-6-8-10-12-14-15-16-17-18-19-20-21-22-23-24-25-26-27-28-29-30-31-32-33-34-35-36-38-40-46(50)45(48-47(51)41-39-37-13-11-9-7-2)44-55-56(52,53)54-43-42-49(3,4)5/h45-46,50H,6-44H2,1-5H3,(H-,48,51,52,53)/p+1. The third-order valence-electron chi connectivity index (χ3n) is 11.4. The molecular weight excluding hydrogens is 719 g/mol. The highest BCUT2D eigenvalue weighted by Crippen LogP contribution is 2.43. The van der Waals surface area contributed by atoms with Crippen molar-refractivity contribution in [1.29, 1.82) is 0 Å². The molecule has 0 aliphatic heterocycles. The summed E-state index contributed by atoms with van der Waals surface area (Å²) >= 11 is 0. The average Bonchev–Trinajstić information content (AvgIpc) is 3.15. The first-order valence-electron chi connectivity index (χ1n) is 24.4. The quantitative estimate of drug-likeness (QED) is 0.0321. The Morgan fingerprint density at radius 1 is 0.536 bits per heavy atom. The Kier molecular flexibility index (Phi) is 39.6. The van der Waals surface area contributed by atoms with Gasteiger partial charge < -0.3 is 19.8 Å². The lowest BCUT2D eigenvalue weighted by Crippen LogP contribution is -2.46. The van der Waals surface area contributed by atoms with Crippen LogP contribution in [0.25, 0.3) is 0 Å². The van der Waals surface area contributed by atoms with Gasteiger partial charge in [0.2, 0.25) is 5.91 Å². The minimum absolute atomic E-state index is 0.0779. The molecule has 0 fully saturated rings. The lowest BCUT2D eigenvalue weighted by molar-refractivity contribution is -0.870. The van der Waals surface area contributed by atoms with E-state index < -0.39 is 20.0 Å². The molecule has 9 heteroatoms. The van der Waals surface area contributed by atoms with Crippen LogP contribution in [0.15, 0.2) is 0 Å². The van der Waals surface area contributed by atoms with E-state index in [0.29, 0.717) is 23.9 Å². The van der Waals surface area contributed by atoms with Crippen molar-refractivity contribution in [2.75, 3.05) is 40.9 Å². The maximum atomic E-state index is 12.7. The van der Waals surface area contributed by atoms with Gasteiger partial charge in [-0.2, -0.15) is 0 Å². The van der Waals surface area contributed by atoms with E-state index in [-0.39, 0.29) is 19.1 Å². The zero-order chi connectivity index (χ0) is 41.4. The van der Waals surface area contributed by atoms with Crippen molar-refractivity contribution >= 4 is 13.7 Å². The second-order valence-electron chi connectivity index (χ2n) is 18.2. The summed E-state index contributed by atoms with van der Waals surface area (Å²) < 4.78 is 23.5. The van der Waals surface area contributed by atoms with E-state index >= 15 is 0 Å². The van der Waals surface area contributed by atoms with Crippen molar-refractivity contribution in [3.8, 4) is 0 Å². The first-order chi connectivity index (χ1) is 27.0. The number of aliphatic hydroxyl groups excluding tert-OH is 1. The van der Waals surface area contributed by atoms with Crippen molar-refractivity contribution in [2.24, 2.45) is 0 Å². The number of rotatable bonds is 45. The molecule has 3 N–H and O–H groups in total. The van der Waals surface area contributed by atoms with Crippen LogP contribution < -0.4 is 5.32 Å². The monoisotopic (exact) mass is 818 g/mol. The molecule has 56 heavy (non-hydrogen) atoms. The predicted octanol–water partition coefficient (Wildman–Crippen LogP) is 13.8. The lowest BCUT2D eigenvalue weighted by Gasteiger charge is -2.26. The number of likely N-dealkylation sites (N-methyl/N-ethyl adjacent to an activating group) is 1. The van der Waals surface area contributed by atoms with Crippen molar-refractivity contribution in [1.82, 2.24) is 5.32 Å². The molecule has 0 saturated carbocycles. The Hall–Kier alpha value is -0.500. The number of unbranched alkanes of at least 4 members (excludes halogenated alkanes) is 32. The van der Waals surface area contributed by atoms with Gasteiger partial charge in [-0.15, -0.1) is 0 Å². The molecule has 336 valence electrons. The van der Waals surface area contributed by atoms with Crippen LogP contribution in [-0.2, 0) is 18.4 Å². The fraction of sp³-hybridized carbons (Fsp3) is 0.979. The number of phosphoric ester groups is 1. The Morgan fingerprint density at radius 2 is 0.857 bits per heavy atom. The fourth-order valence-electron chi connectivity index (χ4n) is 7.46. The Labute approximate surface area is 349 Å². The molecule has 0 rings (SSSR count). The molecule has 3 unspecified atom stereocenters. The van der Waals surface area contributed by atoms with Gasteiger partial charge in [0.25, 0.3) is 0 Å². The van der Waals surface area contributed by atoms with Crippen LogP contribution in [0.4, 0.5) is 0 Å². The maximum absolute atomic E-state index is 12.7. The van der Waals surface area contributed by atoms with Crippen molar-refractivity contribution in [2.45, 2.75) is 257 Å². The van der Waals surface area contributed by atoms with E-state index in [1.165, 1.54) is 180 Å². The van der Waals surface area contributed by atoms with Crippen LogP contribution in [0.3, 0.4) is 0 Å². The summed E-state index contributed by atoms with van der Waals surface area (Å²) in [5, 5.41) is 13.9. The second kappa shape index (κ2) is 39.9. The zero-order valence-corrected chi connectivity index (χ0v) is 39.0. The molecule has 0 bridgehead atoms. The summed E-state index contributed by atoms with van der Waals surface area (Å²) in [6, 6.07) is -0.751. The van der Waals surface area contributed by atoms with E-state index in [4.69, 9.17) is 9.05 Å². The molecule has 1 amide bonds. The van der Waals surface area contributed by atoms with Crippen molar-refractivity contribution in [3.63, 3.8) is 0 Å². The molecular formula is C47H98N2O6P+. The third-order valence-corrected chi connectivity index (χ3v) is 12.3. The topological polar surface area (TPSA) is 105 Å². The Morgan fingerprint density at radius 3 is 1.20 bits per heavy atom. The molecule has 0 heterocycles. The maximum Gasteiger partial charge on any atom is 0.472 e. The second-order valence-corrected chi connectivity index (χ2v) is 19.7. The van der Waals surface area contributed by atoms with Crippen LogP contribution in [0.2, 0.25) is 0 Å². The number of nitrogens with zero attached hydrogens (tertiary/aromatic N) is 1. The number of phosphoric acid groups is 1. The number of nitrogens with one attached hydrogen (secondary N) is 1. The Balaban J connectivity index is 3.91.